The Hall–Kier alpha value is -3.59. The molecule has 9 nitrogen and oxygen atoms in total. The van der Waals surface area contributed by atoms with Crippen molar-refractivity contribution in [2.24, 2.45) is 5.73 Å². The molecule has 0 saturated heterocycles. The zero-order valence-corrected chi connectivity index (χ0v) is 44.4. The molecule has 2 atom stereocenters. The predicted molar refractivity (Wildman–Crippen MR) is 293 cm³/mol. The molecule has 0 amide bonds. The lowest BCUT2D eigenvalue weighted by atomic mass is 10.0. The van der Waals surface area contributed by atoms with Gasteiger partial charge in [-0.15, -0.1) is 0 Å². The number of allylic oxidation sites excluding steroid dienone is 20. The summed E-state index contributed by atoms with van der Waals surface area (Å²) in [5, 5.41) is 0. The van der Waals surface area contributed by atoms with Gasteiger partial charge in [0.2, 0.25) is 0 Å². The van der Waals surface area contributed by atoms with E-state index in [0.29, 0.717) is 12.8 Å². The van der Waals surface area contributed by atoms with E-state index in [-0.39, 0.29) is 32.6 Å². The van der Waals surface area contributed by atoms with Gasteiger partial charge >= 0.3 is 19.8 Å². The highest BCUT2D eigenvalue weighted by molar-refractivity contribution is 7.47. The van der Waals surface area contributed by atoms with Crippen LogP contribution in [0.5, 0.6) is 0 Å². The molecule has 0 radical (unpaired) electrons. The molecule has 392 valence electrons. The van der Waals surface area contributed by atoms with E-state index in [4.69, 9.17) is 24.3 Å². The molecule has 0 aliphatic heterocycles. The van der Waals surface area contributed by atoms with Gasteiger partial charge < -0.3 is 20.1 Å². The molecular weight excluding hydrogens is 882 g/mol. The summed E-state index contributed by atoms with van der Waals surface area (Å²) in [6.07, 6.45) is 73.9. The average molecular weight is 980 g/mol. The van der Waals surface area contributed by atoms with Crippen LogP contribution in [0.2, 0.25) is 0 Å². The van der Waals surface area contributed by atoms with Crippen LogP contribution in [0.25, 0.3) is 0 Å². The zero-order chi connectivity index (χ0) is 50.2. The van der Waals surface area contributed by atoms with Crippen molar-refractivity contribution in [3.63, 3.8) is 0 Å². The first kappa shape index (κ1) is 65.4. The summed E-state index contributed by atoms with van der Waals surface area (Å²) in [6, 6.07) is 0. The number of carbonyl (C=O) groups is 2. The monoisotopic (exact) mass is 980 g/mol. The van der Waals surface area contributed by atoms with Crippen molar-refractivity contribution in [1.29, 1.82) is 0 Å². The second-order valence-corrected chi connectivity index (χ2v) is 18.8. The summed E-state index contributed by atoms with van der Waals surface area (Å²) in [6.45, 7) is 3.52. The molecule has 0 bridgehead atoms. The fraction of sp³-hybridized carbons (Fsp3) is 0.627. The van der Waals surface area contributed by atoms with E-state index in [9.17, 15) is 19.0 Å². The molecule has 10 heteroatoms. The summed E-state index contributed by atoms with van der Waals surface area (Å²) < 4.78 is 32.9. The van der Waals surface area contributed by atoms with Crippen LogP contribution in [0.4, 0.5) is 0 Å². The molecule has 0 aromatic carbocycles. The Morgan fingerprint density at radius 3 is 1.19 bits per heavy atom. The highest BCUT2D eigenvalue weighted by atomic mass is 31.2. The number of esters is 2. The molecule has 0 aliphatic rings. The number of phosphoric acid groups is 1. The van der Waals surface area contributed by atoms with Gasteiger partial charge in [0.15, 0.2) is 6.10 Å². The van der Waals surface area contributed by atoms with E-state index in [1.807, 2.05) is 0 Å². The quantitative estimate of drug-likeness (QED) is 0.0264. The fourth-order valence-electron chi connectivity index (χ4n) is 6.86. The maximum absolute atomic E-state index is 12.7. The first-order valence-corrected chi connectivity index (χ1v) is 28.5. The molecule has 0 aliphatic carbocycles. The molecule has 69 heavy (non-hydrogen) atoms. The van der Waals surface area contributed by atoms with Gasteiger partial charge in [-0.2, -0.15) is 0 Å². The third kappa shape index (κ3) is 53.6. The highest BCUT2D eigenvalue weighted by Crippen LogP contribution is 2.43. The summed E-state index contributed by atoms with van der Waals surface area (Å²) in [7, 11) is -4.39. The van der Waals surface area contributed by atoms with E-state index >= 15 is 0 Å². The topological polar surface area (TPSA) is 134 Å². The predicted octanol–water partition coefficient (Wildman–Crippen LogP) is 16.8. The number of ether oxygens (including phenoxy) is 2. The van der Waals surface area contributed by atoms with E-state index in [2.05, 4.69) is 135 Å². The van der Waals surface area contributed by atoms with Crippen LogP contribution < -0.4 is 5.73 Å². The van der Waals surface area contributed by atoms with Crippen LogP contribution in [-0.2, 0) is 32.7 Å². The van der Waals surface area contributed by atoms with Crippen molar-refractivity contribution < 1.29 is 37.6 Å². The van der Waals surface area contributed by atoms with Crippen LogP contribution in [-0.4, -0.2) is 49.3 Å². The SMILES string of the molecule is CC/C=C\C/C=C\C/C=C\C/C=C\C/C=C\C/C=C\C/C=C\C/C=C\CCCCCCCCCCCCC(=O)OC(COC(=O)CCCCCCC/C=C\C/C=C\CCC)COP(=O)(O)OCCN. The molecule has 0 rings (SSSR count). The fourth-order valence-corrected chi connectivity index (χ4v) is 7.63. The minimum atomic E-state index is -4.39. The second-order valence-electron chi connectivity index (χ2n) is 17.4. The minimum Gasteiger partial charge on any atom is -0.462 e. The Morgan fingerprint density at radius 1 is 0.449 bits per heavy atom. The number of hydrogen-bond acceptors (Lipinski definition) is 8. The van der Waals surface area contributed by atoms with E-state index < -0.39 is 32.5 Å². The summed E-state index contributed by atoms with van der Waals surface area (Å²) in [4.78, 5) is 35.0. The molecule has 0 saturated carbocycles. The van der Waals surface area contributed by atoms with Crippen molar-refractivity contribution in [3.8, 4) is 0 Å². The Balaban J connectivity index is 3.99. The average Bonchev–Trinajstić information content (AvgIpc) is 3.34. The Labute approximate surface area is 421 Å². The first-order valence-electron chi connectivity index (χ1n) is 27.0. The van der Waals surface area contributed by atoms with Gasteiger partial charge in [0.1, 0.15) is 6.61 Å². The largest absolute Gasteiger partial charge is 0.472 e. The molecule has 2 unspecified atom stereocenters. The van der Waals surface area contributed by atoms with Crippen LogP contribution in [0.1, 0.15) is 206 Å². The second kappa shape index (κ2) is 53.8. The van der Waals surface area contributed by atoms with Crippen molar-refractivity contribution in [2.45, 2.75) is 213 Å². The lowest BCUT2D eigenvalue weighted by Crippen LogP contribution is -2.29. The number of unbranched alkanes of at least 4 members (excludes halogenated alkanes) is 16. The summed E-state index contributed by atoms with van der Waals surface area (Å²) >= 11 is 0. The van der Waals surface area contributed by atoms with Gasteiger partial charge in [-0.1, -0.05) is 212 Å². The van der Waals surface area contributed by atoms with Gasteiger partial charge in [0.05, 0.1) is 13.2 Å². The molecule has 0 aromatic heterocycles. The van der Waals surface area contributed by atoms with Gasteiger partial charge in [0, 0.05) is 19.4 Å². The van der Waals surface area contributed by atoms with Crippen LogP contribution in [0.15, 0.2) is 122 Å². The van der Waals surface area contributed by atoms with Gasteiger partial charge in [0.25, 0.3) is 0 Å². The standard InChI is InChI=1S/C59H98NO8P/c1-3-5-7-9-11-13-15-17-18-19-20-21-22-23-24-25-26-27-28-29-30-31-32-33-34-35-36-37-38-40-42-44-46-48-50-52-59(62)68-57(56-67-69(63,64)66-54-53-60)55-65-58(61)51-49-47-45-43-41-39-16-14-12-10-8-6-4-2/h5,7-8,10-11,13-14,16-18,20-21,23-24,26-27,29-30,32-33,57H,3-4,6,9,12,15,19,22,25,28,31,34-56,60H2,1-2H3,(H,63,64)/b7-5-,10-8-,13-11-,16-14-,18-17-,21-20-,24-23-,27-26-,30-29-,33-32-. The summed E-state index contributed by atoms with van der Waals surface area (Å²) in [5.41, 5.74) is 5.36. The zero-order valence-electron chi connectivity index (χ0n) is 43.5. The lowest BCUT2D eigenvalue weighted by Gasteiger charge is -2.19. The van der Waals surface area contributed by atoms with Gasteiger partial charge in [-0.05, 0) is 103 Å². The molecule has 0 spiro atoms. The maximum Gasteiger partial charge on any atom is 0.472 e. The number of hydrogen-bond donors (Lipinski definition) is 2. The number of carbonyl (C=O) groups excluding carboxylic acids is 2. The third-order valence-electron chi connectivity index (χ3n) is 10.8. The molecule has 0 heterocycles. The van der Waals surface area contributed by atoms with E-state index in [0.717, 1.165) is 122 Å². The first-order chi connectivity index (χ1) is 33.8. The number of rotatable bonds is 49. The van der Waals surface area contributed by atoms with E-state index in [1.165, 1.54) is 44.9 Å². The third-order valence-corrected chi connectivity index (χ3v) is 11.8. The Morgan fingerprint density at radius 2 is 0.797 bits per heavy atom. The number of phosphoric ester groups is 1. The minimum absolute atomic E-state index is 0.0449. The summed E-state index contributed by atoms with van der Waals surface area (Å²) in [5.74, 6) is -0.858. The van der Waals surface area contributed by atoms with Gasteiger partial charge in [-0.25, -0.2) is 4.57 Å². The Bertz CT molecular complexity index is 1540. The number of nitrogens with two attached hydrogens (primary N) is 1. The van der Waals surface area contributed by atoms with Crippen LogP contribution >= 0.6 is 7.82 Å². The molecule has 3 N–H and O–H groups in total. The van der Waals surface area contributed by atoms with Crippen LogP contribution in [0, 0.1) is 0 Å². The molecule has 0 fully saturated rings. The molecule has 0 aromatic rings. The maximum atomic E-state index is 12.7. The molecular formula is C59H98NO8P. The Kier molecular flexibility index (Phi) is 51.0. The highest BCUT2D eigenvalue weighted by Gasteiger charge is 2.26. The smallest absolute Gasteiger partial charge is 0.462 e. The van der Waals surface area contributed by atoms with Crippen molar-refractivity contribution >= 4 is 19.8 Å². The normalized spacial score (nSPS) is 14.1. The van der Waals surface area contributed by atoms with Crippen molar-refractivity contribution in [2.75, 3.05) is 26.4 Å². The lowest BCUT2D eigenvalue weighted by molar-refractivity contribution is -0.161. The van der Waals surface area contributed by atoms with E-state index in [1.54, 1.807) is 0 Å². The van der Waals surface area contributed by atoms with Crippen LogP contribution in [0.3, 0.4) is 0 Å². The van der Waals surface area contributed by atoms with Crippen molar-refractivity contribution in [3.05, 3.63) is 122 Å². The van der Waals surface area contributed by atoms with Crippen molar-refractivity contribution in [1.82, 2.24) is 0 Å². The van der Waals surface area contributed by atoms with Gasteiger partial charge in [-0.3, -0.25) is 18.6 Å².